The molecule has 1 unspecified atom stereocenters. The summed E-state index contributed by atoms with van der Waals surface area (Å²) in [5, 5.41) is 0. The minimum atomic E-state index is -0.780. The summed E-state index contributed by atoms with van der Waals surface area (Å²) in [5.41, 5.74) is 4.02. The van der Waals surface area contributed by atoms with Crippen LogP contribution in [0.5, 0.6) is 5.75 Å². The van der Waals surface area contributed by atoms with Crippen molar-refractivity contribution in [2.75, 3.05) is 0 Å². The number of benzene rings is 1. The van der Waals surface area contributed by atoms with Gasteiger partial charge in [0.1, 0.15) is 11.3 Å². The molecule has 0 radical (unpaired) electrons. The van der Waals surface area contributed by atoms with Crippen LogP contribution in [-0.4, -0.2) is 17.9 Å². The molecule has 24 heavy (non-hydrogen) atoms. The van der Waals surface area contributed by atoms with Crippen molar-refractivity contribution >= 4 is 17.9 Å². The Hall–Kier alpha value is -2.43. The Morgan fingerprint density at radius 1 is 1.12 bits per heavy atom. The van der Waals surface area contributed by atoms with Crippen LogP contribution in [0.25, 0.3) is 0 Å². The number of hydrogen-bond donors (Lipinski definition) is 0. The van der Waals surface area contributed by atoms with Gasteiger partial charge in [-0.05, 0) is 61.8 Å². The lowest BCUT2D eigenvalue weighted by Gasteiger charge is -2.28. The number of hydrogen-bond acceptors (Lipinski definition) is 5. The predicted molar refractivity (Wildman–Crippen MR) is 88.9 cm³/mol. The van der Waals surface area contributed by atoms with Gasteiger partial charge < -0.3 is 9.47 Å². The molecule has 0 amide bonds. The van der Waals surface area contributed by atoms with Crippen LogP contribution in [0.1, 0.15) is 54.2 Å². The van der Waals surface area contributed by atoms with E-state index in [1.165, 1.54) is 13.8 Å². The van der Waals surface area contributed by atoms with Crippen LogP contribution in [0.15, 0.2) is 18.2 Å². The first-order valence-electron chi connectivity index (χ1n) is 7.92. The molecule has 2 rings (SSSR count). The molecule has 0 saturated heterocycles. The summed E-state index contributed by atoms with van der Waals surface area (Å²) in [4.78, 5) is 35.1. The zero-order valence-electron chi connectivity index (χ0n) is 14.5. The third-order valence-corrected chi connectivity index (χ3v) is 4.32. The van der Waals surface area contributed by atoms with E-state index in [0.717, 1.165) is 35.1 Å². The van der Waals surface area contributed by atoms with Gasteiger partial charge >= 0.3 is 17.9 Å². The van der Waals surface area contributed by atoms with E-state index in [-0.39, 0.29) is 17.2 Å². The summed E-state index contributed by atoms with van der Waals surface area (Å²) in [6.45, 7) is 10.3. The van der Waals surface area contributed by atoms with E-state index in [9.17, 15) is 14.4 Å². The lowest BCUT2D eigenvalue weighted by Crippen LogP contribution is -2.22. The van der Waals surface area contributed by atoms with E-state index >= 15 is 0 Å². The maximum atomic E-state index is 12.5. The Balaban J connectivity index is 2.62. The number of carbonyl (C=O) groups excluding carboxylic acids is 3. The van der Waals surface area contributed by atoms with Crippen molar-refractivity contribution < 1.29 is 23.9 Å². The van der Waals surface area contributed by atoms with Gasteiger partial charge in [-0.3, -0.25) is 9.59 Å². The monoisotopic (exact) mass is 330 g/mol. The highest BCUT2D eigenvalue weighted by Crippen LogP contribution is 2.38. The molecule has 128 valence electrons. The normalized spacial score (nSPS) is 16.1. The molecule has 0 aromatic heterocycles. The molecule has 0 bridgehead atoms. The number of esters is 3. The molecule has 5 nitrogen and oxygen atoms in total. The maximum Gasteiger partial charge on any atom is 0.349 e. The summed E-state index contributed by atoms with van der Waals surface area (Å²) in [6.07, 6.45) is 2.37. The Labute approximate surface area is 141 Å². The largest absolute Gasteiger partial charge is 0.426 e. The zero-order chi connectivity index (χ0) is 18.0. The molecule has 5 heteroatoms. The fourth-order valence-electron chi connectivity index (χ4n) is 3.20. The van der Waals surface area contributed by atoms with Gasteiger partial charge in [0.2, 0.25) is 0 Å². The van der Waals surface area contributed by atoms with Crippen molar-refractivity contribution in [3.05, 3.63) is 40.5 Å². The lowest BCUT2D eigenvalue weighted by atomic mass is 9.77. The first kappa shape index (κ1) is 17.9. The molecule has 0 fully saturated rings. The van der Waals surface area contributed by atoms with Crippen LogP contribution in [0.2, 0.25) is 0 Å². The molecular weight excluding hydrogens is 308 g/mol. The third kappa shape index (κ3) is 3.72. The van der Waals surface area contributed by atoms with Gasteiger partial charge in [-0.2, -0.15) is 0 Å². The Kier molecular flexibility index (Phi) is 5.22. The van der Waals surface area contributed by atoms with Gasteiger partial charge in [0.05, 0.1) is 0 Å². The molecule has 1 aromatic carbocycles. The molecule has 0 spiro atoms. The van der Waals surface area contributed by atoms with Crippen LogP contribution in [0.3, 0.4) is 0 Å². The minimum Gasteiger partial charge on any atom is -0.426 e. The summed E-state index contributed by atoms with van der Waals surface area (Å²) in [6, 6.07) is 1.66. The van der Waals surface area contributed by atoms with E-state index in [2.05, 4.69) is 6.58 Å². The number of ether oxygens (including phenoxy) is 2. The summed E-state index contributed by atoms with van der Waals surface area (Å²) < 4.78 is 9.99. The molecule has 0 heterocycles. The smallest absolute Gasteiger partial charge is 0.349 e. The Bertz CT molecular complexity index is 730. The van der Waals surface area contributed by atoms with Gasteiger partial charge in [-0.25, -0.2) is 4.79 Å². The molecule has 1 atom stereocenters. The fourth-order valence-corrected chi connectivity index (χ4v) is 3.20. The van der Waals surface area contributed by atoms with E-state index in [4.69, 9.17) is 9.47 Å². The molecule has 1 aromatic rings. The predicted octanol–water partition coefficient (Wildman–Crippen LogP) is 3.30. The quantitative estimate of drug-likeness (QED) is 0.368. The molecule has 1 aliphatic rings. The maximum absolute atomic E-state index is 12.5. The van der Waals surface area contributed by atoms with Gasteiger partial charge in [0, 0.05) is 13.8 Å². The van der Waals surface area contributed by atoms with Crippen molar-refractivity contribution in [3.8, 4) is 5.75 Å². The first-order valence-corrected chi connectivity index (χ1v) is 7.92. The van der Waals surface area contributed by atoms with E-state index < -0.39 is 17.9 Å². The highest BCUT2D eigenvalue weighted by Gasteiger charge is 2.30. The molecule has 0 saturated carbocycles. The van der Waals surface area contributed by atoms with E-state index in [0.29, 0.717) is 6.42 Å². The van der Waals surface area contributed by atoms with Crippen LogP contribution in [0.4, 0.5) is 0 Å². The number of carbonyl (C=O) groups is 3. The Morgan fingerprint density at radius 3 is 2.33 bits per heavy atom. The number of fused-ring (bicyclic) bond motifs is 1. The van der Waals surface area contributed by atoms with E-state index in [1.807, 2.05) is 13.8 Å². The topological polar surface area (TPSA) is 69.7 Å². The van der Waals surface area contributed by atoms with Crippen LogP contribution in [-0.2, 0) is 27.2 Å². The third-order valence-electron chi connectivity index (χ3n) is 4.32. The highest BCUT2D eigenvalue weighted by molar-refractivity contribution is 6.00. The zero-order valence-corrected chi connectivity index (χ0v) is 14.5. The number of allylic oxidation sites excluding steroid dienone is 1. The van der Waals surface area contributed by atoms with Gasteiger partial charge in [-0.15, -0.1) is 0 Å². The summed E-state index contributed by atoms with van der Waals surface area (Å²) in [7, 11) is 0. The molecule has 0 aliphatic heterocycles. The minimum absolute atomic E-state index is 0.146. The number of rotatable bonds is 3. The van der Waals surface area contributed by atoms with Gasteiger partial charge in [0.15, 0.2) is 0 Å². The average molecular weight is 330 g/mol. The van der Waals surface area contributed by atoms with Crippen molar-refractivity contribution in [1.82, 2.24) is 0 Å². The second kappa shape index (κ2) is 6.99. The first-order chi connectivity index (χ1) is 11.2. The van der Waals surface area contributed by atoms with Gasteiger partial charge in [0.25, 0.3) is 0 Å². The molecule has 0 N–H and O–H groups in total. The van der Waals surface area contributed by atoms with Crippen LogP contribution in [0, 0.1) is 12.8 Å². The van der Waals surface area contributed by atoms with Crippen LogP contribution >= 0.6 is 0 Å². The lowest BCUT2D eigenvalue weighted by molar-refractivity contribution is -0.135. The van der Waals surface area contributed by atoms with Crippen molar-refractivity contribution in [2.45, 2.75) is 47.0 Å². The second-order valence-electron chi connectivity index (χ2n) is 6.28. The SMILES string of the molecule is C=C(C)C1CCc2c(C)cc(OC(C)=O)c(C(=O)OC(C)=O)c2C1. The van der Waals surface area contributed by atoms with Gasteiger partial charge in [-0.1, -0.05) is 12.2 Å². The van der Waals surface area contributed by atoms with E-state index in [1.54, 1.807) is 6.07 Å². The van der Waals surface area contributed by atoms with Crippen LogP contribution < -0.4 is 4.74 Å². The molecule has 1 aliphatic carbocycles. The second-order valence-corrected chi connectivity index (χ2v) is 6.28. The summed E-state index contributed by atoms with van der Waals surface area (Å²) >= 11 is 0. The average Bonchev–Trinajstić information content (AvgIpc) is 2.45. The van der Waals surface area contributed by atoms with Crippen molar-refractivity contribution in [3.63, 3.8) is 0 Å². The Morgan fingerprint density at radius 2 is 1.79 bits per heavy atom. The summed E-state index contributed by atoms with van der Waals surface area (Å²) in [5.74, 6) is -1.62. The van der Waals surface area contributed by atoms with Crippen molar-refractivity contribution in [2.24, 2.45) is 5.92 Å². The molecular formula is C19H22O5. The highest BCUT2D eigenvalue weighted by atomic mass is 16.6. The fraction of sp³-hybridized carbons (Fsp3) is 0.421. The standard InChI is InChI=1S/C19H22O5/c1-10(2)14-6-7-15-11(3)8-17(23-12(4)20)18(16(15)9-14)19(22)24-13(5)21/h8,14H,1,6-7,9H2,2-5H3. The number of aryl methyl sites for hydroxylation is 1. The van der Waals surface area contributed by atoms with Crippen molar-refractivity contribution in [1.29, 1.82) is 0 Å².